The van der Waals surface area contributed by atoms with Crippen LogP contribution in [0.15, 0.2) is 6.07 Å². The number of carbonyl (C=O) groups is 2. The number of aliphatic hydroxyl groups excluding tert-OH is 2. The highest BCUT2D eigenvalue weighted by molar-refractivity contribution is 5.96. The van der Waals surface area contributed by atoms with Crippen molar-refractivity contribution in [1.29, 1.82) is 0 Å². The van der Waals surface area contributed by atoms with Crippen LogP contribution in [0.4, 0.5) is 0 Å². The van der Waals surface area contributed by atoms with Crippen molar-refractivity contribution in [3.63, 3.8) is 0 Å². The summed E-state index contributed by atoms with van der Waals surface area (Å²) in [6.45, 7) is 8.48. The summed E-state index contributed by atoms with van der Waals surface area (Å²) in [5.41, 5.74) is 0.304. The highest BCUT2D eigenvalue weighted by Crippen LogP contribution is 2.42. The van der Waals surface area contributed by atoms with E-state index in [9.17, 15) is 30.0 Å². The van der Waals surface area contributed by atoms with Gasteiger partial charge in [-0.3, -0.25) is 4.79 Å². The number of benzene rings is 1. The number of esters is 1. The molecule has 1 aromatic carbocycles. The lowest BCUT2D eigenvalue weighted by Gasteiger charge is -2.48. The summed E-state index contributed by atoms with van der Waals surface area (Å²) in [4.78, 5) is 24.2. The number of carbonyl (C=O) groups excluding carboxylic acids is 2. The van der Waals surface area contributed by atoms with Crippen molar-refractivity contribution >= 4 is 11.9 Å². The molecule has 0 unspecified atom stereocenters. The van der Waals surface area contributed by atoms with Crippen molar-refractivity contribution in [3.8, 4) is 11.5 Å². The molecule has 0 aliphatic carbocycles. The van der Waals surface area contributed by atoms with Gasteiger partial charge in [-0.15, -0.1) is 0 Å². The minimum atomic E-state index is -0.961. The number of aromatic hydroxyl groups is 2. The molecular formula is C25H37NO9. The standard InChI is InChI=1S/C25H37NO9/c1-11-14-7-18(35-24(32)22(14)17(30)8-15(11)28)12(2)16(29)9-21-25(4,5)20(31)10-19(34-21)23(33-6)26-13(3)27/h8,12,16,18-21,23,28-31H,7,9-10H2,1-6H3,(H,26,27)/t12-,16+,18-,19+,20-,21-,23+/m1/s1. The number of aliphatic hydroxyl groups is 2. The van der Waals surface area contributed by atoms with Gasteiger partial charge >= 0.3 is 5.97 Å². The lowest BCUT2D eigenvalue weighted by molar-refractivity contribution is -0.216. The molecule has 7 atom stereocenters. The zero-order valence-corrected chi connectivity index (χ0v) is 21.1. The maximum atomic E-state index is 12.6. The average molecular weight is 496 g/mol. The van der Waals surface area contributed by atoms with Gasteiger partial charge in [-0.05, 0) is 18.1 Å². The van der Waals surface area contributed by atoms with Crippen LogP contribution in [0.1, 0.15) is 62.0 Å². The van der Waals surface area contributed by atoms with Crippen LogP contribution in [0.25, 0.3) is 0 Å². The summed E-state index contributed by atoms with van der Waals surface area (Å²) in [7, 11) is 1.44. The van der Waals surface area contributed by atoms with E-state index in [-0.39, 0.29) is 42.2 Å². The van der Waals surface area contributed by atoms with Crippen LogP contribution >= 0.6 is 0 Å². The van der Waals surface area contributed by atoms with Gasteiger partial charge in [0.05, 0.1) is 18.3 Å². The second-order valence-electron chi connectivity index (χ2n) is 10.3. The molecule has 0 radical (unpaired) electrons. The number of cyclic esters (lactones) is 1. The fourth-order valence-corrected chi connectivity index (χ4v) is 4.94. The lowest BCUT2D eigenvalue weighted by atomic mass is 9.73. The molecule has 35 heavy (non-hydrogen) atoms. The molecule has 5 N–H and O–H groups in total. The third-order valence-electron chi connectivity index (χ3n) is 7.61. The van der Waals surface area contributed by atoms with Crippen LogP contribution in [-0.2, 0) is 25.4 Å². The molecular weight excluding hydrogens is 458 g/mol. The summed E-state index contributed by atoms with van der Waals surface area (Å²) >= 11 is 0. The quantitative estimate of drug-likeness (QED) is 0.280. The first kappa shape index (κ1) is 27.2. The first-order chi connectivity index (χ1) is 16.3. The van der Waals surface area contributed by atoms with E-state index in [4.69, 9.17) is 14.2 Å². The molecule has 10 heteroatoms. The van der Waals surface area contributed by atoms with E-state index in [1.807, 2.05) is 13.8 Å². The smallest absolute Gasteiger partial charge is 0.342 e. The SMILES string of the molecule is CO[C@H](NC(C)=O)[C@@H]1C[C@@H](O)C(C)(C)[C@@H](C[C@H](O)[C@@H](C)[C@H]2Cc3c(C)c(O)cc(O)c3C(=O)O2)O1. The van der Waals surface area contributed by atoms with E-state index in [0.29, 0.717) is 11.1 Å². The largest absolute Gasteiger partial charge is 0.508 e. The number of ether oxygens (including phenoxy) is 3. The van der Waals surface area contributed by atoms with E-state index in [2.05, 4.69) is 5.32 Å². The van der Waals surface area contributed by atoms with Crippen LogP contribution < -0.4 is 5.32 Å². The Morgan fingerprint density at radius 1 is 1.29 bits per heavy atom. The third kappa shape index (κ3) is 5.40. The number of nitrogens with one attached hydrogen (secondary N) is 1. The van der Waals surface area contributed by atoms with Crippen LogP contribution in [0.5, 0.6) is 11.5 Å². The summed E-state index contributed by atoms with van der Waals surface area (Å²) in [6, 6.07) is 1.12. The van der Waals surface area contributed by atoms with Crippen LogP contribution in [0, 0.1) is 18.3 Å². The Balaban J connectivity index is 1.77. The molecule has 1 aromatic rings. The molecule has 1 fully saturated rings. The van der Waals surface area contributed by atoms with Crippen molar-refractivity contribution in [2.24, 2.45) is 11.3 Å². The molecule has 0 aromatic heterocycles. The Labute approximate surface area is 205 Å². The summed E-state index contributed by atoms with van der Waals surface area (Å²) in [5.74, 6) is -1.98. The van der Waals surface area contributed by atoms with E-state index in [0.717, 1.165) is 6.07 Å². The zero-order valence-electron chi connectivity index (χ0n) is 21.1. The minimum Gasteiger partial charge on any atom is -0.508 e. The Morgan fingerprint density at radius 2 is 1.94 bits per heavy atom. The van der Waals surface area contributed by atoms with Gasteiger partial charge in [0, 0.05) is 50.7 Å². The average Bonchev–Trinajstić information content (AvgIpc) is 2.77. The number of phenols is 2. The van der Waals surface area contributed by atoms with E-state index in [1.165, 1.54) is 14.0 Å². The maximum Gasteiger partial charge on any atom is 0.342 e. The van der Waals surface area contributed by atoms with Gasteiger partial charge in [0.15, 0.2) is 6.23 Å². The molecule has 0 bridgehead atoms. The molecule has 2 aliphatic heterocycles. The van der Waals surface area contributed by atoms with Gasteiger partial charge in [0.25, 0.3) is 0 Å². The third-order valence-corrected chi connectivity index (χ3v) is 7.61. The predicted octanol–water partition coefficient (Wildman–Crippen LogP) is 1.53. The molecule has 3 rings (SSSR count). The Kier molecular flexibility index (Phi) is 8.00. The molecule has 196 valence electrons. The molecule has 2 heterocycles. The van der Waals surface area contributed by atoms with Crippen LogP contribution in [0.3, 0.4) is 0 Å². The van der Waals surface area contributed by atoms with Gasteiger partial charge in [-0.1, -0.05) is 20.8 Å². The Morgan fingerprint density at radius 3 is 2.54 bits per heavy atom. The van der Waals surface area contributed by atoms with Crippen LogP contribution in [-0.4, -0.2) is 76.2 Å². The van der Waals surface area contributed by atoms with Crippen molar-refractivity contribution in [1.82, 2.24) is 5.32 Å². The van der Waals surface area contributed by atoms with Gasteiger partial charge in [-0.25, -0.2) is 4.79 Å². The molecule has 1 saturated heterocycles. The molecule has 0 spiro atoms. The number of hydrogen-bond donors (Lipinski definition) is 5. The summed E-state index contributed by atoms with van der Waals surface area (Å²) < 4.78 is 17.1. The van der Waals surface area contributed by atoms with Gasteiger partial charge in [-0.2, -0.15) is 0 Å². The number of methoxy groups -OCH3 is 1. The Bertz CT molecular complexity index is 963. The van der Waals surface area contributed by atoms with Crippen molar-refractivity contribution in [2.45, 2.75) is 90.6 Å². The highest BCUT2D eigenvalue weighted by atomic mass is 16.6. The highest BCUT2D eigenvalue weighted by Gasteiger charge is 2.48. The normalized spacial score (nSPS) is 28.4. The monoisotopic (exact) mass is 495 g/mol. The number of rotatable bonds is 7. The van der Waals surface area contributed by atoms with E-state index in [1.54, 1.807) is 13.8 Å². The first-order valence-electron chi connectivity index (χ1n) is 11.8. The van der Waals surface area contributed by atoms with Crippen molar-refractivity contribution in [2.75, 3.05) is 7.11 Å². The fourth-order valence-electron chi connectivity index (χ4n) is 4.94. The second-order valence-corrected chi connectivity index (χ2v) is 10.3. The fraction of sp³-hybridized carbons (Fsp3) is 0.680. The van der Waals surface area contributed by atoms with Crippen LogP contribution in [0.2, 0.25) is 0 Å². The number of fused-ring (bicyclic) bond motifs is 1. The topological polar surface area (TPSA) is 155 Å². The summed E-state index contributed by atoms with van der Waals surface area (Å²) in [6.07, 6.45) is -3.76. The minimum absolute atomic E-state index is 0.0320. The molecule has 0 saturated carbocycles. The molecule has 10 nitrogen and oxygen atoms in total. The maximum absolute atomic E-state index is 12.6. The zero-order chi connectivity index (χ0) is 26.2. The summed E-state index contributed by atoms with van der Waals surface area (Å²) in [5, 5.41) is 44.8. The lowest BCUT2D eigenvalue weighted by Crippen LogP contribution is -2.57. The Hall–Kier alpha value is -2.40. The predicted molar refractivity (Wildman–Crippen MR) is 125 cm³/mol. The van der Waals surface area contributed by atoms with Gasteiger partial charge in [0.1, 0.15) is 29.3 Å². The molecule has 1 amide bonds. The number of hydrogen-bond acceptors (Lipinski definition) is 9. The second kappa shape index (κ2) is 10.3. The van der Waals surface area contributed by atoms with Gasteiger partial charge in [0.2, 0.25) is 5.91 Å². The molecule has 2 aliphatic rings. The van der Waals surface area contributed by atoms with Gasteiger partial charge < -0.3 is 40.0 Å². The van der Waals surface area contributed by atoms with E-state index < -0.39 is 54.0 Å². The van der Waals surface area contributed by atoms with Crippen molar-refractivity contribution < 1.29 is 44.2 Å². The first-order valence-corrected chi connectivity index (χ1v) is 11.8. The van der Waals surface area contributed by atoms with E-state index >= 15 is 0 Å². The number of phenolic OH excluding ortho intramolecular Hbond substituents is 2. The van der Waals surface area contributed by atoms with Crippen molar-refractivity contribution in [3.05, 3.63) is 22.8 Å². The number of amides is 1.